The van der Waals surface area contributed by atoms with Crippen molar-refractivity contribution in [2.75, 3.05) is 4.72 Å². The van der Waals surface area contributed by atoms with Gasteiger partial charge in [-0.05, 0) is 38.5 Å². The topological polar surface area (TPSA) is 72.2 Å². The highest BCUT2D eigenvalue weighted by Gasteiger charge is 2.25. The molecule has 2 rings (SSSR count). The molecule has 0 saturated carbocycles. The van der Waals surface area contributed by atoms with E-state index in [9.17, 15) is 12.8 Å². The summed E-state index contributed by atoms with van der Waals surface area (Å²) in [4.78, 5) is -0.0625. The maximum absolute atomic E-state index is 13.7. The molecule has 0 aliphatic rings. The maximum atomic E-state index is 13.7. The molecule has 1 aromatic carbocycles. The van der Waals surface area contributed by atoms with E-state index in [2.05, 4.69) is 9.88 Å². The van der Waals surface area contributed by atoms with E-state index in [1.165, 1.54) is 26.0 Å². The summed E-state index contributed by atoms with van der Waals surface area (Å²) in [5, 5.41) is 3.57. The number of aryl methyl sites for hydroxylation is 3. The number of halogens is 1. The van der Waals surface area contributed by atoms with Crippen molar-refractivity contribution >= 4 is 15.7 Å². The van der Waals surface area contributed by atoms with Crippen molar-refractivity contribution in [1.82, 2.24) is 5.16 Å². The first kappa shape index (κ1) is 13.5. The van der Waals surface area contributed by atoms with E-state index in [0.717, 1.165) is 0 Å². The SMILES string of the molecule is Cc1ccc(NS(=O)(=O)c2c(C)noc2C)c(F)c1. The van der Waals surface area contributed by atoms with E-state index in [4.69, 9.17) is 4.52 Å². The third-order valence-corrected chi connectivity index (χ3v) is 4.21. The van der Waals surface area contributed by atoms with Crippen LogP contribution in [0.15, 0.2) is 27.6 Å². The molecule has 19 heavy (non-hydrogen) atoms. The highest BCUT2D eigenvalue weighted by molar-refractivity contribution is 7.92. The Morgan fingerprint density at radius 3 is 2.47 bits per heavy atom. The van der Waals surface area contributed by atoms with E-state index in [0.29, 0.717) is 5.56 Å². The number of nitrogens with zero attached hydrogens (tertiary/aromatic N) is 1. The quantitative estimate of drug-likeness (QED) is 0.940. The summed E-state index contributed by atoms with van der Waals surface area (Å²) >= 11 is 0. The van der Waals surface area contributed by atoms with E-state index in [1.54, 1.807) is 13.0 Å². The number of sulfonamides is 1. The minimum Gasteiger partial charge on any atom is -0.360 e. The van der Waals surface area contributed by atoms with Gasteiger partial charge in [-0.1, -0.05) is 11.2 Å². The average molecular weight is 284 g/mol. The molecule has 0 amide bonds. The van der Waals surface area contributed by atoms with Crippen molar-refractivity contribution in [2.45, 2.75) is 25.7 Å². The number of anilines is 1. The predicted molar refractivity (Wildman–Crippen MR) is 67.9 cm³/mol. The van der Waals surface area contributed by atoms with E-state index < -0.39 is 15.8 Å². The van der Waals surface area contributed by atoms with E-state index >= 15 is 0 Å². The van der Waals surface area contributed by atoms with Crippen LogP contribution in [0.4, 0.5) is 10.1 Å². The van der Waals surface area contributed by atoms with Crippen molar-refractivity contribution in [1.29, 1.82) is 0 Å². The van der Waals surface area contributed by atoms with Gasteiger partial charge in [0.05, 0.1) is 5.69 Å². The smallest absolute Gasteiger partial charge is 0.267 e. The summed E-state index contributed by atoms with van der Waals surface area (Å²) in [6.45, 7) is 4.71. The van der Waals surface area contributed by atoms with Crippen LogP contribution in [0.5, 0.6) is 0 Å². The van der Waals surface area contributed by atoms with E-state index in [1.807, 2.05) is 0 Å². The second kappa shape index (κ2) is 4.65. The second-order valence-electron chi connectivity index (χ2n) is 4.24. The van der Waals surface area contributed by atoms with E-state index in [-0.39, 0.29) is 22.0 Å². The van der Waals surface area contributed by atoms with Gasteiger partial charge in [0.2, 0.25) is 0 Å². The lowest BCUT2D eigenvalue weighted by Crippen LogP contribution is -2.15. The molecule has 1 heterocycles. The monoisotopic (exact) mass is 284 g/mol. The molecule has 0 spiro atoms. The number of aromatic nitrogens is 1. The molecular formula is C12H13FN2O3S. The standard InChI is InChI=1S/C12H13FN2O3S/c1-7-4-5-11(10(13)6-7)15-19(16,17)12-8(2)14-18-9(12)3/h4-6,15H,1-3H3. The average Bonchev–Trinajstić information content (AvgIpc) is 2.63. The lowest BCUT2D eigenvalue weighted by Gasteiger charge is -2.08. The molecule has 102 valence electrons. The molecule has 0 saturated heterocycles. The Labute approximate surface area is 110 Å². The fraction of sp³-hybridized carbons (Fsp3) is 0.250. The first-order valence-electron chi connectivity index (χ1n) is 5.53. The summed E-state index contributed by atoms with van der Waals surface area (Å²) in [7, 11) is -3.91. The number of rotatable bonds is 3. The Bertz CT molecular complexity index is 703. The Kier molecular flexibility index (Phi) is 3.32. The van der Waals surface area contributed by atoms with Crippen molar-refractivity contribution < 1.29 is 17.3 Å². The Balaban J connectivity index is 2.42. The third kappa shape index (κ3) is 2.60. The molecular weight excluding hydrogens is 271 g/mol. The van der Waals surface area contributed by atoms with Crippen molar-refractivity contribution in [3.05, 3.63) is 41.0 Å². The highest BCUT2D eigenvalue weighted by Crippen LogP contribution is 2.24. The van der Waals surface area contributed by atoms with Gasteiger partial charge in [0.1, 0.15) is 11.5 Å². The van der Waals surface area contributed by atoms with Crippen molar-refractivity contribution in [3.8, 4) is 0 Å². The fourth-order valence-corrected chi connectivity index (χ4v) is 3.16. The summed E-state index contributed by atoms with van der Waals surface area (Å²) < 4.78 is 45.0. The first-order chi connectivity index (χ1) is 8.81. The predicted octanol–water partition coefficient (Wildman–Crippen LogP) is 2.54. The lowest BCUT2D eigenvalue weighted by molar-refractivity contribution is 0.390. The van der Waals surface area contributed by atoms with Gasteiger partial charge < -0.3 is 4.52 Å². The zero-order valence-electron chi connectivity index (χ0n) is 10.7. The van der Waals surface area contributed by atoms with Gasteiger partial charge in [-0.2, -0.15) is 0 Å². The van der Waals surface area contributed by atoms with Crippen LogP contribution in [-0.4, -0.2) is 13.6 Å². The summed E-state index contributed by atoms with van der Waals surface area (Å²) in [6.07, 6.45) is 0. The van der Waals surface area contributed by atoms with Crippen LogP contribution in [0.3, 0.4) is 0 Å². The van der Waals surface area contributed by atoms with Gasteiger partial charge in [0.25, 0.3) is 10.0 Å². The zero-order valence-corrected chi connectivity index (χ0v) is 11.5. The molecule has 7 heteroatoms. The molecule has 2 aromatic rings. The van der Waals surface area contributed by atoms with Gasteiger partial charge in [-0.3, -0.25) is 4.72 Å². The van der Waals surface area contributed by atoms with Gasteiger partial charge in [0, 0.05) is 0 Å². The second-order valence-corrected chi connectivity index (χ2v) is 5.86. The summed E-state index contributed by atoms with van der Waals surface area (Å²) in [5.41, 5.74) is 0.834. The van der Waals surface area contributed by atoms with Crippen LogP contribution >= 0.6 is 0 Å². The van der Waals surface area contributed by atoms with Crippen LogP contribution in [0.2, 0.25) is 0 Å². The molecule has 0 aliphatic carbocycles. The molecule has 0 unspecified atom stereocenters. The van der Waals surface area contributed by atoms with Crippen LogP contribution < -0.4 is 4.72 Å². The largest absolute Gasteiger partial charge is 0.360 e. The Morgan fingerprint density at radius 1 is 1.26 bits per heavy atom. The molecule has 0 bridgehead atoms. The van der Waals surface area contributed by atoms with Gasteiger partial charge in [-0.15, -0.1) is 0 Å². The number of hydrogen-bond donors (Lipinski definition) is 1. The highest BCUT2D eigenvalue weighted by atomic mass is 32.2. The minimum absolute atomic E-state index is 0.0625. The molecule has 0 fully saturated rings. The molecule has 5 nitrogen and oxygen atoms in total. The maximum Gasteiger partial charge on any atom is 0.267 e. The first-order valence-corrected chi connectivity index (χ1v) is 7.01. The van der Waals surface area contributed by atoms with Crippen LogP contribution in [0.25, 0.3) is 0 Å². The Hall–Kier alpha value is -1.89. The van der Waals surface area contributed by atoms with Crippen LogP contribution in [0, 0.1) is 26.6 Å². The molecule has 0 atom stereocenters. The zero-order chi connectivity index (χ0) is 14.2. The number of nitrogens with one attached hydrogen (secondary N) is 1. The lowest BCUT2D eigenvalue weighted by atomic mass is 10.2. The van der Waals surface area contributed by atoms with Crippen molar-refractivity contribution in [2.24, 2.45) is 0 Å². The van der Waals surface area contributed by atoms with Gasteiger partial charge in [0.15, 0.2) is 10.7 Å². The molecule has 1 aromatic heterocycles. The summed E-state index contributed by atoms with van der Waals surface area (Å²) in [5.74, 6) is -0.465. The summed E-state index contributed by atoms with van der Waals surface area (Å²) in [6, 6.07) is 4.25. The molecule has 0 radical (unpaired) electrons. The number of hydrogen-bond acceptors (Lipinski definition) is 4. The normalized spacial score (nSPS) is 11.6. The molecule has 1 N–H and O–H groups in total. The Morgan fingerprint density at radius 2 is 1.95 bits per heavy atom. The molecule has 0 aliphatic heterocycles. The number of benzene rings is 1. The van der Waals surface area contributed by atoms with Crippen molar-refractivity contribution in [3.63, 3.8) is 0 Å². The fourth-order valence-electron chi connectivity index (χ4n) is 1.76. The third-order valence-electron chi connectivity index (χ3n) is 2.61. The van der Waals surface area contributed by atoms with Gasteiger partial charge >= 0.3 is 0 Å². The van der Waals surface area contributed by atoms with Crippen LogP contribution in [0.1, 0.15) is 17.0 Å². The van der Waals surface area contributed by atoms with Gasteiger partial charge in [-0.25, -0.2) is 12.8 Å². The van der Waals surface area contributed by atoms with Crippen LogP contribution in [-0.2, 0) is 10.0 Å². The minimum atomic E-state index is -3.91.